The molecule has 110 valence electrons. The van der Waals surface area contributed by atoms with Crippen molar-refractivity contribution in [3.63, 3.8) is 0 Å². The van der Waals surface area contributed by atoms with Gasteiger partial charge in [0.25, 0.3) is 0 Å². The number of pyridine rings is 1. The van der Waals surface area contributed by atoms with Gasteiger partial charge in [-0.05, 0) is 33.8 Å². The number of aromatic nitrogens is 1. The highest BCUT2D eigenvalue weighted by Gasteiger charge is 2.52. The number of halogens is 1. The minimum Gasteiger partial charge on any atom is -0.399 e. The van der Waals surface area contributed by atoms with Crippen LogP contribution in [0.5, 0.6) is 0 Å². The minimum atomic E-state index is -3.53. The fourth-order valence-electron chi connectivity index (χ4n) is 1.96. The zero-order valence-electron chi connectivity index (χ0n) is 12.1. The maximum absolute atomic E-state index is 11.9. The van der Waals surface area contributed by atoms with Gasteiger partial charge in [-0.1, -0.05) is 11.6 Å². The maximum atomic E-state index is 11.9. The molecule has 2 rings (SSSR count). The van der Waals surface area contributed by atoms with E-state index < -0.39 is 28.2 Å². The molecule has 1 aliphatic rings. The summed E-state index contributed by atoms with van der Waals surface area (Å²) >= 11 is 5.93. The summed E-state index contributed by atoms with van der Waals surface area (Å²) in [6.45, 7) is 7.59. The summed E-state index contributed by atoms with van der Waals surface area (Å²) in [6.07, 6.45) is 2.53. The molecule has 0 saturated carbocycles. The molecule has 1 aromatic heterocycles. The molecule has 0 unspecified atom stereocenters. The van der Waals surface area contributed by atoms with E-state index in [9.17, 15) is 8.42 Å². The third kappa shape index (κ3) is 2.59. The first-order chi connectivity index (χ1) is 8.96. The van der Waals surface area contributed by atoms with E-state index in [1.54, 1.807) is 6.07 Å². The van der Waals surface area contributed by atoms with E-state index in [1.165, 1.54) is 6.20 Å². The Labute approximate surface area is 124 Å². The molecule has 8 heteroatoms. The topological polar surface area (TPSA) is 65.5 Å². The van der Waals surface area contributed by atoms with Crippen molar-refractivity contribution in [2.45, 2.75) is 43.8 Å². The lowest BCUT2D eigenvalue weighted by Gasteiger charge is -2.32. The number of rotatable bonds is 2. The van der Waals surface area contributed by atoms with Crippen LogP contribution in [0, 0.1) is 0 Å². The Morgan fingerprint density at radius 1 is 1.20 bits per heavy atom. The van der Waals surface area contributed by atoms with Crippen LogP contribution in [0.1, 0.15) is 27.7 Å². The van der Waals surface area contributed by atoms with Crippen LogP contribution in [0.2, 0.25) is 5.15 Å². The lowest BCUT2D eigenvalue weighted by atomic mass is 9.80. The fraction of sp³-hybridized carbons (Fsp3) is 0.583. The summed E-state index contributed by atoms with van der Waals surface area (Å²) in [6, 6.07) is 1.56. The number of nitrogens with zero attached hydrogens (tertiary/aromatic N) is 1. The van der Waals surface area contributed by atoms with Crippen LogP contribution >= 0.6 is 11.6 Å². The van der Waals surface area contributed by atoms with Gasteiger partial charge < -0.3 is 9.31 Å². The Bertz CT molecular complexity index is 629. The summed E-state index contributed by atoms with van der Waals surface area (Å²) in [7, 11) is -4.32. The first-order valence-corrected chi connectivity index (χ1v) is 8.43. The molecule has 0 aromatic carbocycles. The summed E-state index contributed by atoms with van der Waals surface area (Å²) in [5, 5.41) is -0.0697. The predicted molar refractivity (Wildman–Crippen MR) is 78.1 cm³/mol. The van der Waals surface area contributed by atoms with Crippen molar-refractivity contribution in [3.05, 3.63) is 17.4 Å². The zero-order valence-corrected chi connectivity index (χ0v) is 13.7. The Hall–Kier alpha value is -0.625. The molecule has 0 spiro atoms. The van der Waals surface area contributed by atoms with E-state index in [-0.39, 0.29) is 10.0 Å². The molecular weight excluding hydrogens is 300 g/mol. The molecule has 1 saturated heterocycles. The fourth-order valence-corrected chi connectivity index (χ4v) is 3.50. The molecule has 1 aliphatic heterocycles. The molecule has 5 nitrogen and oxygen atoms in total. The molecule has 0 amide bonds. The Kier molecular flexibility index (Phi) is 3.70. The lowest BCUT2D eigenvalue weighted by Crippen LogP contribution is -2.41. The second-order valence-electron chi connectivity index (χ2n) is 5.88. The molecule has 1 aromatic rings. The SMILES string of the molecule is CC1(C)OB(c2ccnc(Cl)c2S(C)(=O)=O)OC1(C)C. The lowest BCUT2D eigenvalue weighted by molar-refractivity contribution is 0.00578. The van der Waals surface area contributed by atoms with E-state index in [2.05, 4.69) is 4.98 Å². The Morgan fingerprint density at radius 3 is 2.15 bits per heavy atom. The molecule has 0 N–H and O–H groups in total. The van der Waals surface area contributed by atoms with Crippen molar-refractivity contribution < 1.29 is 17.7 Å². The number of sulfone groups is 1. The van der Waals surface area contributed by atoms with Gasteiger partial charge in [0, 0.05) is 17.9 Å². The van der Waals surface area contributed by atoms with E-state index in [1.807, 2.05) is 27.7 Å². The van der Waals surface area contributed by atoms with Gasteiger partial charge in [0.15, 0.2) is 9.84 Å². The van der Waals surface area contributed by atoms with Gasteiger partial charge in [-0.25, -0.2) is 13.4 Å². The van der Waals surface area contributed by atoms with Crippen LogP contribution < -0.4 is 5.46 Å². The normalized spacial score (nSPS) is 21.2. The molecule has 1 fully saturated rings. The van der Waals surface area contributed by atoms with Crippen LogP contribution in [-0.2, 0) is 19.1 Å². The molecule has 20 heavy (non-hydrogen) atoms. The van der Waals surface area contributed by atoms with Crippen LogP contribution in [-0.4, -0.2) is 38.0 Å². The highest BCUT2D eigenvalue weighted by molar-refractivity contribution is 7.91. The van der Waals surface area contributed by atoms with E-state index in [4.69, 9.17) is 20.9 Å². The zero-order chi connectivity index (χ0) is 15.3. The van der Waals surface area contributed by atoms with Crippen molar-refractivity contribution in [1.29, 1.82) is 0 Å². The monoisotopic (exact) mass is 317 g/mol. The van der Waals surface area contributed by atoms with Crippen LogP contribution in [0.25, 0.3) is 0 Å². The third-order valence-corrected chi connectivity index (χ3v) is 5.34. The van der Waals surface area contributed by atoms with E-state index >= 15 is 0 Å². The van der Waals surface area contributed by atoms with Crippen molar-refractivity contribution >= 4 is 34.0 Å². The highest BCUT2D eigenvalue weighted by Crippen LogP contribution is 2.37. The average molecular weight is 318 g/mol. The van der Waals surface area contributed by atoms with Crippen molar-refractivity contribution in [1.82, 2.24) is 4.98 Å². The molecule has 0 bridgehead atoms. The number of hydrogen-bond donors (Lipinski definition) is 0. The highest BCUT2D eigenvalue weighted by atomic mass is 35.5. The second kappa shape index (κ2) is 4.69. The minimum absolute atomic E-state index is 0.0415. The Morgan fingerprint density at radius 2 is 1.70 bits per heavy atom. The Balaban J connectivity index is 2.55. The van der Waals surface area contributed by atoms with Crippen molar-refractivity contribution in [2.24, 2.45) is 0 Å². The van der Waals surface area contributed by atoms with Gasteiger partial charge in [-0.15, -0.1) is 0 Å². The van der Waals surface area contributed by atoms with E-state index in [0.29, 0.717) is 5.46 Å². The molecule has 0 aliphatic carbocycles. The summed E-state index contributed by atoms with van der Waals surface area (Å²) in [5.41, 5.74) is -0.726. The van der Waals surface area contributed by atoms with Gasteiger partial charge in [-0.2, -0.15) is 0 Å². The van der Waals surface area contributed by atoms with Gasteiger partial charge in [0.05, 0.1) is 11.2 Å². The molecule has 2 heterocycles. The van der Waals surface area contributed by atoms with Crippen molar-refractivity contribution in [2.75, 3.05) is 6.26 Å². The summed E-state index contributed by atoms with van der Waals surface area (Å²) in [4.78, 5) is 3.78. The van der Waals surface area contributed by atoms with Gasteiger partial charge in [0.2, 0.25) is 0 Å². The molecule has 0 atom stereocenters. The van der Waals surface area contributed by atoms with E-state index in [0.717, 1.165) is 6.26 Å². The average Bonchev–Trinajstić information content (AvgIpc) is 2.46. The summed E-state index contributed by atoms with van der Waals surface area (Å²) in [5.74, 6) is 0. The smallest absolute Gasteiger partial charge is 0.399 e. The van der Waals surface area contributed by atoms with Crippen molar-refractivity contribution in [3.8, 4) is 0 Å². The third-order valence-electron chi connectivity index (χ3n) is 3.77. The quantitative estimate of drug-likeness (QED) is 0.610. The largest absolute Gasteiger partial charge is 0.496 e. The summed E-state index contributed by atoms with van der Waals surface area (Å²) < 4.78 is 35.6. The maximum Gasteiger partial charge on any atom is 0.496 e. The predicted octanol–water partition coefficient (Wildman–Crippen LogP) is 1.44. The van der Waals surface area contributed by atoms with Gasteiger partial charge in [0.1, 0.15) is 10.0 Å². The van der Waals surface area contributed by atoms with Gasteiger partial charge >= 0.3 is 7.12 Å². The van der Waals surface area contributed by atoms with Crippen LogP contribution in [0.4, 0.5) is 0 Å². The molecule has 0 radical (unpaired) electrons. The first-order valence-electron chi connectivity index (χ1n) is 6.16. The van der Waals surface area contributed by atoms with Gasteiger partial charge in [-0.3, -0.25) is 0 Å². The first kappa shape index (κ1) is 15.8. The van der Waals surface area contributed by atoms with Crippen LogP contribution in [0.3, 0.4) is 0 Å². The standard InChI is InChI=1S/C12H17BClNO4S/c1-11(2)12(3,4)19-13(18-11)8-6-7-15-10(14)9(8)20(5,16)17/h6-7H,1-5H3. The number of hydrogen-bond acceptors (Lipinski definition) is 5. The van der Waals surface area contributed by atoms with Crippen LogP contribution in [0.15, 0.2) is 17.2 Å². The second-order valence-corrected chi connectivity index (χ2v) is 8.19. The molecular formula is C12H17BClNO4S.